The van der Waals surface area contributed by atoms with Gasteiger partial charge in [-0.1, -0.05) is 0 Å². The highest BCUT2D eigenvalue weighted by Gasteiger charge is 2.11. The molecule has 1 rings (SSSR count). The SMILES string of the molecule is NC(CO)c1cc(O)c(O)c(O)c1. The molecular weight excluding hydrogens is 174 g/mol. The zero-order valence-corrected chi connectivity index (χ0v) is 6.81. The van der Waals surface area contributed by atoms with Gasteiger partial charge in [-0.3, -0.25) is 0 Å². The van der Waals surface area contributed by atoms with Crippen molar-refractivity contribution in [2.45, 2.75) is 6.04 Å². The van der Waals surface area contributed by atoms with Gasteiger partial charge in [0.05, 0.1) is 12.6 Å². The lowest BCUT2D eigenvalue weighted by Crippen LogP contribution is -2.14. The van der Waals surface area contributed by atoms with Crippen molar-refractivity contribution in [2.24, 2.45) is 5.73 Å². The normalized spacial score (nSPS) is 12.8. The van der Waals surface area contributed by atoms with Gasteiger partial charge in [-0.15, -0.1) is 0 Å². The molecule has 0 radical (unpaired) electrons. The molecule has 5 nitrogen and oxygen atoms in total. The van der Waals surface area contributed by atoms with Gasteiger partial charge in [-0.2, -0.15) is 0 Å². The van der Waals surface area contributed by atoms with Crippen molar-refractivity contribution < 1.29 is 20.4 Å². The molecule has 0 aliphatic carbocycles. The van der Waals surface area contributed by atoms with Crippen LogP contribution in [0.5, 0.6) is 17.2 Å². The fourth-order valence-corrected chi connectivity index (χ4v) is 0.945. The number of phenolic OH excluding ortho intramolecular Hbond substituents is 3. The molecule has 0 bridgehead atoms. The van der Waals surface area contributed by atoms with E-state index < -0.39 is 23.3 Å². The molecule has 0 aliphatic rings. The monoisotopic (exact) mass is 185 g/mol. The van der Waals surface area contributed by atoms with Gasteiger partial charge in [-0.25, -0.2) is 0 Å². The lowest BCUT2D eigenvalue weighted by molar-refractivity contribution is 0.267. The standard InChI is InChI=1S/C8H11NO4/c9-5(3-10)4-1-6(11)8(13)7(12)2-4/h1-2,5,10-13H,3,9H2. The lowest BCUT2D eigenvalue weighted by Gasteiger charge is -2.10. The van der Waals surface area contributed by atoms with Gasteiger partial charge in [0.25, 0.3) is 0 Å². The van der Waals surface area contributed by atoms with Gasteiger partial charge < -0.3 is 26.2 Å². The minimum Gasteiger partial charge on any atom is -0.504 e. The Labute approximate surface area is 74.7 Å². The highest BCUT2D eigenvalue weighted by molar-refractivity contribution is 5.51. The minimum absolute atomic E-state index is 0.302. The number of phenols is 3. The molecule has 1 aromatic rings. The van der Waals surface area contributed by atoms with Crippen molar-refractivity contribution in [3.05, 3.63) is 17.7 Å². The third-order valence-electron chi connectivity index (χ3n) is 1.72. The zero-order chi connectivity index (χ0) is 10.0. The molecule has 0 saturated heterocycles. The number of hydrogen-bond acceptors (Lipinski definition) is 5. The van der Waals surface area contributed by atoms with Crippen molar-refractivity contribution in [2.75, 3.05) is 6.61 Å². The van der Waals surface area contributed by atoms with Crippen LogP contribution in [0, 0.1) is 0 Å². The van der Waals surface area contributed by atoms with Gasteiger partial charge in [0.15, 0.2) is 17.2 Å². The van der Waals surface area contributed by atoms with Crippen LogP contribution in [0.1, 0.15) is 11.6 Å². The first-order chi connectivity index (χ1) is 6.06. The molecule has 0 heterocycles. The second kappa shape index (κ2) is 3.51. The number of benzene rings is 1. The number of hydrogen-bond donors (Lipinski definition) is 5. The van der Waals surface area contributed by atoms with Crippen LogP contribution in [0.4, 0.5) is 0 Å². The summed E-state index contributed by atoms with van der Waals surface area (Å²) in [6, 6.07) is 1.70. The van der Waals surface area contributed by atoms with Crippen LogP contribution in [0.15, 0.2) is 12.1 Å². The summed E-state index contributed by atoms with van der Waals surface area (Å²) in [7, 11) is 0. The van der Waals surface area contributed by atoms with E-state index in [9.17, 15) is 0 Å². The first kappa shape index (κ1) is 9.63. The van der Waals surface area contributed by atoms with Crippen LogP contribution in [0.3, 0.4) is 0 Å². The first-order valence-electron chi connectivity index (χ1n) is 3.67. The van der Waals surface area contributed by atoms with Crippen LogP contribution < -0.4 is 5.73 Å². The molecule has 1 atom stereocenters. The predicted octanol–water partition coefficient (Wildman–Crippen LogP) is -0.205. The summed E-state index contributed by atoms with van der Waals surface area (Å²) >= 11 is 0. The number of aliphatic hydroxyl groups excluding tert-OH is 1. The molecule has 0 fully saturated rings. The Kier molecular flexibility index (Phi) is 2.60. The van der Waals surface area contributed by atoms with Crippen LogP contribution in [0.25, 0.3) is 0 Å². The molecule has 0 saturated carbocycles. The molecule has 1 unspecified atom stereocenters. The molecule has 0 spiro atoms. The number of aliphatic hydroxyl groups is 1. The van der Waals surface area contributed by atoms with Crippen LogP contribution in [0.2, 0.25) is 0 Å². The zero-order valence-electron chi connectivity index (χ0n) is 6.81. The summed E-state index contributed by atoms with van der Waals surface area (Å²) in [5, 5.41) is 35.8. The highest BCUT2D eigenvalue weighted by atomic mass is 16.3. The van der Waals surface area contributed by atoms with Gasteiger partial charge >= 0.3 is 0 Å². The second-order valence-electron chi connectivity index (χ2n) is 2.70. The molecule has 1 aromatic carbocycles. The smallest absolute Gasteiger partial charge is 0.200 e. The molecule has 6 N–H and O–H groups in total. The van der Waals surface area contributed by atoms with Crippen molar-refractivity contribution in [3.63, 3.8) is 0 Å². The molecule has 0 aliphatic heterocycles. The molecule has 0 amide bonds. The van der Waals surface area contributed by atoms with E-state index in [1.54, 1.807) is 0 Å². The maximum atomic E-state index is 9.08. The van der Waals surface area contributed by atoms with E-state index in [0.29, 0.717) is 5.56 Å². The number of aromatic hydroxyl groups is 3. The number of rotatable bonds is 2. The minimum atomic E-state index is -0.683. The van der Waals surface area contributed by atoms with Crippen LogP contribution >= 0.6 is 0 Å². The largest absolute Gasteiger partial charge is 0.504 e. The van der Waals surface area contributed by atoms with Crippen molar-refractivity contribution in [3.8, 4) is 17.2 Å². The predicted molar refractivity (Wildman–Crippen MR) is 45.5 cm³/mol. The summed E-state index contributed by atoms with van der Waals surface area (Å²) in [5.41, 5.74) is 5.79. The van der Waals surface area contributed by atoms with E-state index in [1.165, 1.54) is 12.1 Å². The Bertz CT molecular complexity index is 290. The van der Waals surface area contributed by atoms with E-state index in [-0.39, 0.29) is 6.61 Å². The van der Waals surface area contributed by atoms with E-state index in [0.717, 1.165) is 0 Å². The fourth-order valence-electron chi connectivity index (χ4n) is 0.945. The average molecular weight is 185 g/mol. The lowest BCUT2D eigenvalue weighted by atomic mass is 10.1. The van der Waals surface area contributed by atoms with Gasteiger partial charge in [0, 0.05) is 0 Å². The first-order valence-corrected chi connectivity index (χ1v) is 3.67. The van der Waals surface area contributed by atoms with E-state index in [1.807, 2.05) is 0 Å². The summed E-state index contributed by atoms with van der Waals surface area (Å²) in [6.07, 6.45) is 0. The maximum absolute atomic E-state index is 9.08. The molecule has 13 heavy (non-hydrogen) atoms. The summed E-state index contributed by atoms with van der Waals surface area (Å²) < 4.78 is 0. The Morgan fingerprint density at radius 2 is 1.62 bits per heavy atom. The molecule has 72 valence electrons. The third-order valence-corrected chi connectivity index (χ3v) is 1.72. The quantitative estimate of drug-likeness (QED) is 0.410. The summed E-state index contributed by atoms with van der Waals surface area (Å²) in [5.74, 6) is -1.51. The van der Waals surface area contributed by atoms with Crippen molar-refractivity contribution >= 4 is 0 Å². The summed E-state index contributed by atoms with van der Waals surface area (Å²) in [4.78, 5) is 0. The van der Waals surface area contributed by atoms with Gasteiger partial charge in [0.2, 0.25) is 0 Å². The molecule has 0 aromatic heterocycles. The van der Waals surface area contributed by atoms with E-state index >= 15 is 0 Å². The Balaban J connectivity index is 3.13. The Morgan fingerprint density at radius 1 is 1.15 bits per heavy atom. The molecular formula is C8H11NO4. The molecule has 5 heteroatoms. The maximum Gasteiger partial charge on any atom is 0.200 e. The van der Waals surface area contributed by atoms with Crippen LogP contribution in [-0.4, -0.2) is 27.0 Å². The van der Waals surface area contributed by atoms with Crippen molar-refractivity contribution in [1.29, 1.82) is 0 Å². The topological polar surface area (TPSA) is 107 Å². The van der Waals surface area contributed by atoms with Gasteiger partial charge in [0.1, 0.15) is 0 Å². The second-order valence-corrected chi connectivity index (χ2v) is 2.70. The van der Waals surface area contributed by atoms with Crippen LogP contribution in [-0.2, 0) is 0 Å². The third kappa shape index (κ3) is 1.82. The van der Waals surface area contributed by atoms with E-state index in [4.69, 9.17) is 26.2 Å². The fraction of sp³-hybridized carbons (Fsp3) is 0.250. The Hall–Kier alpha value is -1.46. The highest BCUT2D eigenvalue weighted by Crippen LogP contribution is 2.36. The van der Waals surface area contributed by atoms with E-state index in [2.05, 4.69) is 0 Å². The average Bonchev–Trinajstić information content (AvgIpc) is 2.12. The number of nitrogens with two attached hydrogens (primary N) is 1. The van der Waals surface area contributed by atoms with Crippen molar-refractivity contribution in [1.82, 2.24) is 0 Å². The summed E-state index contributed by atoms with van der Waals surface area (Å²) in [6.45, 7) is -0.302. The van der Waals surface area contributed by atoms with Gasteiger partial charge in [-0.05, 0) is 17.7 Å². The Morgan fingerprint density at radius 3 is 2.00 bits per heavy atom.